The molecular formula is C23H28N4O3. The van der Waals surface area contributed by atoms with Crippen molar-refractivity contribution in [2.24, 2.45) is 5.92 Å². The number of rotatable bonds is 7. The number of hydrogen-bond donors (Lipinski definition) is 2. The third kappa shape index (κ3) is 5.49. The molecule has 1 saturated carbocycles. The molecule has 0 spiro atoms. The predicted molar refractivity (Wildman–Crippen MR) is 115 cm³/mol. The van der Waals surface area contributed by atoms with Crippen LogP contribution in [0.5, 0.6) is 5.88 Å². The number of nitrogens with zero attached hydrogens (tertiary/aromatic N) is 2. The second-order valence-corrected chi connectivity index (χ2v) is 7.99. The maximum Gasteiger partial charge on any atom is 0.319 e. The van der Waals surface area contributed by atoms with Gasteiger partial charge in [-0.25, -0.2) is 9.78 Å². The minimum absolute atomic E-state index is 0.0291. The van der Waals surface area contributed by atoms with E-state index in [-0.39, 0.29) is 18.0 Å². The zero-order valence-corrected chi connectivity index (χ0v) is 17.0. The Labute approximate surface area is 176 Å². The molecule has 2 N–H and O–H groups in total. The molecule has 1 aromatic heterocycles. The van der Waals surface area contributed by atoms with Crippen LogP contribution in [-0.2, 0) is 0 Å². The number of benzene rings is 1. The molecule has 3 amide bonds. The lowest BCUT2D eigenvalue weighted by atomic mass is 10.0. The summed E-state index contributed by atoms with van der Waals surface area (Å²) in [7, 11) is 0. The third-order valence-corrected chi connectivity index (χ3v) is 5.57. The number of likely N-dealkylation sites (tertiary alicyclic amines) is 1. The van der Waals surface area contributed by atoms with Crippen LogP contribution in [0.25, 0.3) is 0 Å². The second kappa shape index (κ2) is 9.61. The first-order valence-electron chi connectivity index (χ1n) is 10.7. The Bertz CT molecular complexity index is 853. The summed E-state index contributed by atoms with van der Waals surface area (Å²) in [6.07, 6.45) is 6.92. The zero-order valence-electron chi connectivity index (χ0n) is 17.0. The van der Waals surface area contributed by atoms with Gasteiger partial charge < -0.3 is 20.3 Å². The van der Waals surface area contributed by atoms with Crippen molar-refractivity contribution in [1.82, 2.24) is 15.2 Å². The van der Waals surface area contributed by atoms with Crippen molar-refractivity contribution in [3.05, 3.63) is 54.2 Å². The standard InChI is InChI=1S/C23H28N4O3/c28-22(18-11-12-21(24-14-18)30-16-17-9-10-17)27-13-5-4-8-20(27)15-25-23(29)26-19-6-2-1-3-7-19/h1-3,6-7,11-12,14,17,20H,4-5,8-10,13,15-16H2,(H2,25,26,29). The quantitative estimate of drug-likeness (QED) is 0.732. The van der Waals surface area contributed by atoms with Gasteiger partial charge in [-0.3, -0.25) is 4.79 Å². The van der Waals surface area contributed by atoms with Gasteiger partial charge >= 0.3 is 6.03 Å². The smallest absolute Gasteiger partial charge is 0.319 e. The number of pyridine rings is 1. The van der Waals surface area contributed by atoms with Gasteiger partial charge in [0, 0.05) is 37.1 Å². The van der Waals surface area contributed by atoms with Gasteiger partial charge in [-0.15, -0.1) is 0 Å². The van der Waals surface area contributed by atoms with Crippen molar-refractivity contribution in [2.75, 3.05) is 25.0 Å². The highest BCUT2D eigenvalue weighted by Gasteiger charge is 2.28. The van der Waals surface area contributed by atoms with E-state index in [0.29, 0.717) is 37.1 Å². The maximum atomic E-state index is 13.1. The molecule has 2 aliphatic rings. The van der Waals surface area contributed by atoms with Crippen molar-refractivity contribution < 1.29 is 14.3 Å². The largest absolute Gasteiger partial charge is 0.477 e. The van der Waals surface area contributed by atoms with Crippen molar-refractivity contribution in [1.29, 1.82) is 0 Å². The number of amides is 3. The Kier molecular flexibility index (Phi) is 6.47. The molecule has 2 fully saturated rings. The lowest BCUT2D eigenvalue weighted by molar-refractivity contribution is 0.0615. The third-order valence-electron chi connectivity index (χ3n) is 5.57. The summed E-state index contributed by atoms with van der Waals surface area (Å²) in [5.74, 6) is 1.17. The van der Waals surface area contributed by atoms with Gasteiger partial charge in [-0.1, -0.05) is 18.2 Å². The van der Waals surface area contributed by atoms with Gasteiger partial charge in [0.2, 0.25) is 5.88 Å². The highest BCUT2D eigenvalue weighted by molar-refractivity contribution is 5.94. The average molecular weight is 409 g/mol. The summed E-state index contributed by atoms with van der Waals surface area (Å²) in [5.41, 5.74) is 1.29. The molecule has 2 aromatic rings. The highest BCUT2D eigenvalue weighted by Crippen LogP contribution is 2.29. The van der Waals surface area contributed by atoms with Gasteiger partial charge in [-0.05, 0) is 56.2 Å². The summed E-state index contributed by atoms with van der Waals surface area (Å²) < 4.78 is 5.65. The van der Waals surface area contributed by atoms with Gasteiger partial charge in [0.15, 0.2) is 0 Å². The summed E-state index contributed by atoms with van der Waals surface area (Å²) in [5, 5.41) is 5.71. The molecular weight excluding hydrogens is 380 g/mol. The molecule has 30 heavy (non-hydrogen) atoms. The Morgan fingerprint density at radius 1 is 1.07 bits per heavy atom. The molecule has 1 aliphatic carbocycles. The number of carbonyl (C=O) groups excluding carboxylic acids is 2. The van der Waals surface area contributed by atoms with E-state index in [2.05, 4.69) is 15.6 Å². The van der Waals surface area contributed by atoms with E-state index >= 15 is 0 Å². The SMILES string of the molecule is O=C(NCC1CCCCN1C(=O)c1ccc(OCC2CC2)nc1)Nc1ccccc1. The van der Waals surface area contributed by atoms with Crippen molar-refractivity contribution in [3.63, 3.8) is 0 Å². The topological polar surface area (TPSA) is 83.6 Å². The Morgan fingerprint density at radius 2 is 1.90 bits per heavy atom. The van der Waals surface area contributed by atoms with E-state index in [1.807, 2.05) is 35.2 Å². The van der Waals surface area contributed by atoms with Gasteiger partial charge in [0.1, 0.15) is 0 Å². The number of piperidine rings is 1. The summed E-state index contributed by atoms with van der Waals surface area (Å²) in [6, 6.07) is 12.5. The summed E-state index contributed by atoms with van der Waals surface area (Å²) in [4.78, 5) is 31.4. The van der Waals surface area contributed by atoms with E-state index in [0.717, 1.165) is 24.9 Å². The van der Waals surface area contributed by atoms with Crippen LogP contribution in [0.2, 0.25) is 0 Å². The highest BCUT2D eigenvalue weighted by atomic mass is 16.5. The van der Waals surface area contributed by atoms with E-state index in [1.165, 1.54) is 12.8 Å². The predicted octanol–water partition coefficient (Wildman–Crippen LogP) is 3.69. The summed E-state index contributed by atoms with van der Waals surface area (Å²) >= 11 is 0. The van der Waals surface area contributed by atoms with Crippen LogP contribution in [-0.4, -0.2) is 47.6 Å². The number of urea groups is 1. The van der Waals surface area contributed by atoms with Crippen LogP contribution in [0.4, 0.5) is 10.5 Å². The number of nitrogens with one attached hydrogen (secondary N) is 2. The van der Waals surface area contributed by atoms with Crippen LogP contribution < -0.4 is 15.4 Å². The first-order valence-corrected chi connectivity index (χ1v) is 10.7. The van der Waals surface area contributed by atoms with Gasteiger partial charge in [-0.2, -0.15) is 0 Å². The molecule has 7 heteroatoms. The molecule has 1 saturated heterocycles. The fourth-order valence-electron chi connectivity index (χ4n) is 3.63. The fraction of sp³-hybridized carbons (Fsp3) is 0.435. The molecule has 0 radical (unpaired) electrons. The average Bonchev–Trinajstić information content (AvgIpc) is 3.62. The van der Waals surface area contributed by atoms with Crippen molar-refractivity contribution >= 4 is 17.6 Å². The molecule has 0 bridgehead atoms. The molecule has 1 atom stereocenters. The van der Waals surface area contributed by atoms with Crippen LogP contribution in [0, 0.1) is 5.92 Å². The lowest BCUT2D eigenvalue weighted by Gasteiger charge is -2.36. The number of carbonyl (C=O) groups is 2. The second-order valence-electron chi connectivity index (χ2n) is 7.99. The van der Waals surface area contributed by atoms with Crippen LogP contribution in [0.3, 0.4) is 0 Å². The van der Waals surface area contributed by atoms with E-state index in [9.17, 15) is 9.59 Å². The summed E-state index contributed by atoms with van der Waals surface area (Å²) in [6.45, 7) is 1.80. The first kappa shape index (κ1) is 20.2. The number of ether oxygens (including phenoxy) is 1. The Hall–Kier alpha value is -3.09. The normalized spacial score (nSPS) is 18.5. The molecule has 1 aromatic carbocycles. The van der Waals surface area contributed by atoms with E-state index in [4.69, 9.17) is 4.74 Å². The Morgan fingerprint density at radius 3 is 2.63 bits per heavy atom. The molecule has 7 nitrogen and oxygen atoms in total. The molecule has 1 unspecified atom stereocenters. The fourth-order valence-corrected chi connectivity index (χ4v) is 3.63. The van der Waals surface area contributed by atoms with Crippen molar-refractivity contribution in [3.8, 4) is 5.88 Å². The Balaban J connectivity index is 1.31. The monoisotopic (exact) mass is 408 g/mol. The number of hydrogen-bond acceptors (Lipinski definition) is 4. The maximum absolute atomic E-state index is 13.1. The number of anilines is 1. The minimum atomic E-state index is -0.266. The molecule has 4 rings (SSSR count). The zero-order chi connectivity index (χ0) is 20.8. The van der Waals surface area contributed by atoms with Gasteiger partial charge in [0.05, 0.1) is 12.2 Å². The van der Waals surface area contributed by atoms with Gasteiger partial charge in [0.25, 0.3) is 5.91 Å². The van der Waals surface area contributed by atoms with E-state index < -0.39 is 0 Å². The first-order chi connectivity index (χ1) is 14.7. The number of para-hydroxylation sites is 1. The number of aromatic nitrogens is 1. The van der Waals surface area contributed by atoms with E-state index in [1.54, 1.807) is 18.3 Å². The van der Waals surface area contributed by atoms with Crippen LogP contribution in [0.15, 0.2) is 48.7 Å². The lowest BCUT2D eigenvalue weighted by Crippen LogP contribution is -2.50. The molecule has 2 heterocycles. The van der Waals surface area contributed by atoms with Crippen LogP contribution >= 0.6 is 0 Å². The van der Waals surface area contributed by atoms with Crippen LogP contribution in [0.1, 0.15) is 42.5 Å². The van der Waals surface area contributed by atoms with Crippen molar-refractivity contribution in [2.45, 2.75) is 38.1 Å². The molecule has 158 valence electrons. The molecule has 1 aliphatic heterocycles. The minimum Gasteiger partial charge on any atom is -0.477 e.